The fraction of sp³-hybridized carbons (Fsp3) is 0.423. The summed E-state index contributed by atoms with van der Waals surface area (Å²) in [6, 6.07) is 10.0. The SMILES string of the molecule is Cc1cccc(-c2ccn(-c3nc(N4CCOCC4)c4[nH]c(C(=O)N5CCC(S(C)(=O)=O)CC5)nc4n3)n2)c1. The molecular formula is C26H30N8O4S. The second-order valence-electron chi connectivity index (χ2n) is 10.1. The van der Waals surface area contributed by atoms with Gasteiger partial charge in [-0.3, -0.25) is 4.79 Å². The van der Waals surface area contributed by atoms with Gasteiger partial charge >= 0.3 is 0 Å². The Hall–Kier alpha value is -3.84. The fourth-order valence-electron chi connectivity index (χ4n) is 5.11. The first kappa shape index (κ1) is 25.4. The molecule has 3 aromatic heterocycles. The van der Waals surface area contributed by atoms with Crippen molar-refractivity contribution in [1.29, 1.82) is 0 Å². The Morgan fingerprint density at radius 3 is 2.54 bits per heavy atom. The number of morpholine rings is 1. The predicted octanol–water partition coefficient (Wildman–Crippen LogP) is 2.00. The van der Waals surface area contributed by atoms with E-state index in [9.17, 15) is 13.2 Å². The number of nitrogens with one attached hydrogen (secondary N) is 1. The number of carbonyl (C=O) groups excluding carboxylic acids is 1. The Balaban J connectivity index is 1.35. The summed E-state index contributed by atoms with van der Waals surface area (Å²) in [5.41, 5.74) is 3.87. The van der Waals surface area contributed by atoms with Crippen LogP contribution in [-0.2, 0) is 14.6 Å². The largest absolute Gasteiger partial charge is 0.378 e. The molecule has 1 amide bonds. The summed E-state index contributed by atoms with van der Waals surface area (Å²) < 4.78 is 31.0. The summed E-state index contributed by atoms with van der Waals surface area (Å²) in [6.07, 6.45) is 3.89. The van der Waals surface area contributed by atoms with E-state index in [1.165, 1.54) is 6.26 Å². The summed E-state index contributed by atoms with van der Waals surface area (Å²) in [7, 11) is -3.13. The number of aromatic amines is 1. The van der Waals surface area contributed by atoms with Crippen LogP contribution >= 0.6 is 0 Å². The third-order valence-electron chi connectivity index (χ3n) is 7.28. The van der Waals surface area contributed by atoms with Crippen LogP contribution < -0.4 is 4.90 Å². The van der Waals surface area contributed by atoms with Gasteiger partial charge < -0.3 is 19.5 Å². The van der Waals surface area contributed by atoms with Crippen LogP contribution in [-0.4, -0.2) is 99.8 Å². The second kappa shape index (κ2) is 10.0. The number of aryl methyl sites for hydroxylation is 1. The molecule has 1 aromatic carbocycles. The van der Waals surface area contributed by atoms with Gasteiger partial charge in [-0.05, 0) is 31.9 Å². The average molecular weight is 551 g/mol. The van der Waals surface area contributed by atoms with Crippen molar-refractivity contribution in [2.75, 3.05) is 50.5 Å². The van der Waals surface area contributed by atoms with Gasteiger partial charge in [0, 0.05) is 44.2 Å². The van der Waals surface area contributed by atoms with Crippen LogP contribution in [0.5, 0.6) is 0 Å². The maximum absolute atomic E-state index is 13.3. The van der Waals surface area contributed by atoms with E-state index in [4.69, 9.17) is 14.8 Å². The fourth-order valence-corrected chi connectivity index (χ4v) is 6.18. The van der Waals surface area contributed by atoms with Gasteiger partial charge in [-0.1, -0.05) is 23.8 Å². The molecule has 2 aliphatic heterocycles. The maximum atomic E-state index is 13.3. The molecule has 6 rings (SSSR count). The minimum Gasteiger partial charge on any atom is -0.378 e. The zero-order chi connectivity index (χ0) is 27.1. The molecule has 2 saturated heterocycles. The smallest absolute Gasteiger partial charge is 0.289 e. The molecule has 5 heterocycles. The zero-order valence-electron chi connectivity index (χ0n) is 21.9. The Kier molecular flexibility index (Phi) is 6.55. The molecule has 0 unspecified atom stereocenters. The number of piperidine rings is 1. The number of carbonyl (C=O) groups is 1. The number of imidazole rings is 1. The van der Waals surface area contributed by atoms with Crippen LogP contribution in [0, 0.1) is 6.92 Å². The Morgan fingerprint density at radius 2 is 1.82 bits per heavy atom. The van der Waals surface area contributed by atoms with E-state index < -0.39 is 15.1 Å². The number of sulfone groups is 1. The van der Waals surface area contributed by atoms with Crippen molar-refractivity contribution in [1.82, 2.24) is 34.6 Å². The lowest BCUT2D eigenvalue weighted by molar-refractivity contribution is 0.0715. The van der Waals surface area contributed by atoms with Crippen molar-refractivity contribution in [2.24, 2.45) is 0 Å². The van der Waals surface area contributed by atoms with Crippen molar-refractivity contribution in [3.63, 3.8) is 0 Å². The molecule has 0 atom stereocenters. The van der Waals surface area contributed by atoms with Gasteiger partial charge in [0.15, 0.2) is 17.3 Å². The van der Waals surface area contributed by atoms with Crippen LogP contribution in [0.1, 0.15) is 29.0 Å². The van der Waals surface area contributed by atoms with Crippen LogP contribution in [0.2, 0.25) is 0 Å². The monoisotopic (exact) mass is 550 g/mol. The quantitative estimate of drug-likeness (QED) is 0.395. The molecule has 39 heavy (non-hydrogen) atoms. The highest BCUT2D eigenvalue weighted by Crippen LogP contribution is 2.26. The summed E-state index contributed by atoms with van der Waals surface area (Å²) in [4.78, 5) is 34.3. The number of likely N-dealkylation sites (tertiary alicyclic amines) is 1. The summed E-state index contributed by atoms with van der Waals surface area (Å²) in [6.45, 7) is 5.16. The Labute approximate surface area is 225 Å². The standard InChI is InChI=1S/C26H30N8O4S/c1-17-4-3-5-18(16-17)20-8-11-34(31-20)26-29-22-21(24(30-26)32-12-14-38-15-13-32)27-23(28-22)25(35)33-9-6-19(7-10-33)39(2,36)37/h3-5,8,11,16,19H,6-7,9-10,12-15H2,1-2H3,(H,27,28,29,30). The van der Waals surface area contributed by atoms with Crippen molar-refractivity contribution in [3.8, 4) is 17.2 Å². The van der Waals surface area contributed by atoms with Gasteiger partial charge in [0.1, 0.15) is 15.4 Å². The number of rotatable bonds is 5. The number of nitrogens with zero attached hydrogens (tertiary/aromatic N) is 7. The molecule has 0 spiro atoms. The van der Waals surface area contributed by atoms with Gasteiger partial charge in [-0.2, -0.15) is 15.1 Å². The van der Waals surface area contributed by atoms with Gasteiger partial charge in [-0.25, -0.2) is 18.1 Å². The lowest BCUT2D eigenvalue weighted by Gasteiger charge is -2.30. The Bertz CT molecular complexity index is 1630. The third-order valence-corrected chi connectivity index (χ3v) is 8.96. The highest BCUT2D eigenvalue weighted by atomic mass is 32.2. The molecular weight excluding hydrogens is 520 g/mol. The minimum absolute atomic E-state index is 0.157. The van der Waals surface area contributed by atoms with E-state index in [1.54, 1.807) is 9.58 Å². The molecule has 2 aliphatic rings. The van der Waals surface area contributed by atoms with Crippen molar-refractivity contribution < 1.29 is 17.9 Å². The van der Waals surface area contributed by atoms with Gasteiger partial charge in [0.2, 0.25) is 0 Å². The van der Waals surface area contributed by atoms with E-state index >= 15 is 0 Å². The molecule has 4 aromatic rings. The number of amides is 1. The van der Waals surface area contributed by atoms with Gasteiger partial charge in [-0.15, -0.1) is 0 Å². The lowest BCUT2D eigenvalue weighted by Crippen LogP contribution is -2.42. The van der Waals surface area contributed by atoms with E-state index in [0.29, 0.717) is 75.2 Å². The maximum Gasteiger partial charge on any atom is 0.289 e. The third kappa shape index (κ3) is 5.11. The highest BCUT2D eigenvalue weighted by molar-refractivity contribution is 7.91. The van der Waals surface area contributed by atoms with E-state index in [1.807, 2.05) is 37.4 Å². The van der Waals surface area contributed by atoms with E-state index in [0.717, 1.165) is 16.8 Å². The molecule has 0 saturated carbocycles. The first-order chi connectivity index (χ1) is 18.8. The minimum atomic E-state index is -3.13. The van der Waals surface area contributed by atoms with Crippen LogP contribution in [0.3, 0.4) is 0 Å². The number of anilines is 1. The first-order valence-electron chi connectivity index (χ1n) is 13.0. The summed E-state index contributed by atoms with van der Waals surface area (Å²) in [5.74, 6) is 0.857. The molecule has 0 aliphatic carbocycles. The van der Waals surface area contributed by atoms with Crippen molar-refractivity contribution >= 4 is 32.7 Å². The van der Waals surface area contributed by atoms with Crippen LogP contribution in [0.4, 0.5) is 5.82 Å². The molecule has 2 fully saturated rings. The van der Waals surface area contributed by atoms with Crippen molar-refractivity contribution in [2.45, 2.75) is 25.0 Å². The highest BCUT2D eigenvalue weighted by Gasteiger charge is 2.31. The first-order valence-corrected chi connectivity index (χ1v) is 14.9. The number of benzene rings is 1. The van der Waals surface area contributed by atoms with E-state index in [-0.39, 0.29) is 11.7 Å². The van der Waals surface area contributed by atoms with Crippen LogP contribution in [0.15, 0.2) is 36.5 Å². The van der Waals surface area contributed by atoms with E-state index in [2.05, 4.69) is 25.9 Å². The summed E-state index contributed by atoms with van der Waals surface area (Å²) in [5, 5.41) is 4.29. The molecule has 0 radical (unpaired) electrons. The van der Waals surface area contributed by atoms with Crippen molar-refractivity contribution in [3.05, 3.63) is 47.9 Å². The Morgan fingerprint density at radius 1 is 1.05 bits per heavy atom. The number of ether oxygens (including phenoxy) is 1. The predicted molar refractivity (Wildman–Crippen MR) is 146 cm³/mol. The molecule has 13 heteroatoms. The molecule has 0 bridgehead atoms. The number of H-pyrrole nitrogens is 1. The normalized spacial score (nSPS) is 17.2. The average Bonchev–Trinajstić information content (AvgIpc) is 3.60. The molecule has 204 valence electrons. The number of fused-ring (bicyclic) bond motifs is 1. The second-order valence-corrected chi connectivity index (χ2v) is 12.4. The number of hydrogen-bond donors (Lipinski definition) is 1. The topological polar surface area (TPSA) is 139 Å². The number of aromatic nitrogens is 6. The van der Waals surface area contributed by atoms with Gasteiger partial charge in [0.05, 0.1) is 24.2 Å². The zero-order valence-corrected chi connectivity index (χ0v) is 22.7. The molecule has 1 N–H and O–H groups in total. The summed E-state index contributed by atoms with van der Waals surface area (Å²) >= 11 is 0. The molecule has 12 nitrogen and oxygen atoms in total. The van der Waals surface area contributed by atoms with Gasteiger partial charge in [0.25, 0.3) is 11.9 Å². The lowest BCUT2D eigenvalue weighted by atomic mass is 10.1. The number of hydrogen-bond acceptors (Lipinski definition) is 9. The van der Waals surface area contributed by atoms with Crippen LogP contribution in [0.25, 0.3) is 28.4 Å².